The van der Waals surface area contributed by atoms with Crippen LogP contribution in [0.1, 0.15) is 16.2 Å². The molecular formula is C8H9NO4S. The fourth-order valence-corrected chi connectivity index (χ4v) is 1.91. The third-order valence-corrected chi connectivity index (χ3v) is 3.04. The molecule has 5 nitrogen and oxygen atoms in total. The molecule has 2 rings (SSSR count). The largest absolute Gasteiger partial charge is 0.476 e. The Morgan fingerprint density at radius 3 is 3.00 bits per heavy atom. The quantitative estimate of drug-likeness (QED) is 0.807. The third-order valence-electron chi connectivity index (χ3n) is 1.85. The Morgan fingerprint density at radius 1 is 1.71 bits per heavy atom. The third kappa shape index (κ3) is 2.08. The Kier molecular flexibility index (Phi) is 2.74. The topological polar surface area (TPSA) is 72.6 Å². The molecule has 1 aliphatic rings. The average Bonchev–Trinajstić information content (AvgIpc) is 2.50. The number of aromatic nitrogens is 1. The maximum Gasteiger partial charge on any atom is 0.358 e. The fraction of sp³-hybridized carbons (Fsp3) is 0.500. The van der Waals surface area contributed by atoms with E-state index in [1.807, 2.05) is 0 Å². The molecule has 1 N–H and O–H groups in total. The normalized spacial score (nSPS) is 16.6. The van der Waals surface area contributed by atoms with Crippen LogP contribution in [0.3, 0.4) is 0 Å². The molecule has 1 saturated heterocycles. The second-order valence-electron chi connectivity index (χ2n) is 2.95. The van der Waals surface area contributed by atoms with Gasteiger partial charge in [-0.15, -0.1) is 11.8 Å². The highest BCUT2D eigenvalue weighted by atomic mass is 32.2. The molecule has 0 aromatic carbocycles. The lowest BCUT2D eigenvalue weighted by Gasteiger charge is -2.24. The molecule has 0 radical (unpaired) electrons. The summed E-state index contributed by atoms with van der Waals surface area (Å²) >= 11 is 1.69. The zero-order valence-electron chi connectivity index (χ0n) is 7.30. The first kappa shape index (κ1) is 9.54. The van der Waals surface area contributed by atoms with Crippen molar-refractivity contribution in [3.63, 3.8) is 0 Å². The van der Waals surface area contributed by atoms with Crippen LogP contribution in [0, 0.1) is 0 Å². The molecule has 1 aliphatic heterocycles. The molecule has 0 aliphatic carbocycles. The van der Waals surface area contributed by atoms with Crippen molar-refractivity contribution in [2.24, 2.45) is 0 Å². The van der Waals surface area contributed by atoms with Gasteiger partial charge in [0.2, 0.25) is 0 Å². The molecule has 0 saturated carbocycles. The summed E-state index contributed by atoms with van der Waals surface area (Å²) in [4.78, 5) is 10.5. The SMILES string of the molecule is O=C(O)c1cc(CSC2COC2)on1. The number of carbonyl (C=O) groups is 1. The van der Waals surface area contributed by atoms with Crippen LogP contribution in [-0.4, -0.2) is 34.7 Å². The van der Waals surface area contributed by atoms with Crippen LogP contribution in [-0.2, 0) is 10.5 Å². The van der Waals surface area contributed by atoms with Crippen molar-refractivity contribution in [1.29, 1.82) is 0 Å². The Bertz CT molecular complexity index is 334. The van der Waals surface area contributed by atoms with Crippen LogP contribution < -0.4 is 0 Å². The molecule has 0 unspecified atom stereocenters. The van der Waals surface area contributed by atoms with Gasteiger partial charge in [0.1, 0.15) is 5.76 Å². The van der Waals surface area contributed by atoms with Crippen LogP contribution >= 0.6 is 11.8 Å². The molecule has 0 bridgehead atoms. The predicted octanol–water partition coefficient (Wildman–Crippen LogP) is 1.00. The minimum atomic E-state index is -1.06. The smallest absolute Gasteiger partial charge is 0.358 e. The standard InChI is InChI=1S/C8H9NO4S/c10-8(11)7-1-5(13-9-7)4-14-6-2-12-3-6/h1,6H,2-4H2,(H,10,11). The number of aromatic carboxylic acids is 1. The van der Waals surface area contributed by atoms with E-state index >= 15 is 0 Å². The first-order valence-corrected chi connectivity index (χ1v) is 5.19. The summed E-state index contributed by atoms with van der Waals surface area (Å²) in [5.74, 6) is 0.185. The van der Waals surface area contributed by atoms with E-state index in [0.717, 1.165) is 13.2 Å². The van der Waals surface area contributed by atoms with E-state index in [0.29, 0.717) is 16.8 Å². The first-order valence-electron chi connectivity index (χ1n) is 4.14. The van der Waals surface area contributed by atoms with Crippen molar-refractivity contribution in [3.8, 4) is 0 Å². The van der Waals surface area contributed by atoms with E-state index in [-0.39, 0.29) is 5.69 Å². The minimum absolute atomic E-state index is 0.0366. The number of thioether (sulfide) groups is 1. The van der Waals surface area contributed by atoms with E-state index in [1.54, 1.807) is 11.8 Å². The van der Waals surface area contributed by atoms with Crippen molar-refractivity contribution < 1.29 is 19.2 Å². The van der Waals surface area contributed by atoms with Crippen LogP contribution in [0.4, 0.5) is 0 Å². The van der Waals surface area contributed by atoms with Gasteiger partial charge in [0, 0.05) is 6.07 Å². The summed E-state index contributed by atoms with van der Waals surface area (Å²) in [5, 5.41) is 12.5. The number of hydrogen-bond acceptors (Lipinski definition) is 5. The number of ether oxygens (including phenoxy) is 1. The fourth-order valence-electron chi connectivity index (χ4n) is 0.992. The summed E-state index contributed by atoms with van der Waals surface area (Å²) in [5.41, 5.74) is -0.0366. The molecule has 1 aromatic rings. The van der Waals surface area contributed by atoms with Gasteiger partial charge in [-0.2, -0.15) is 0 Å². The molecule has 6 heteroatoms. The Hall–Kier alpha value is -1.01. The van der Waals surface area contributed by atoms with Gasteiger partial charge >= 0.3 is 5.97 Å². The monoisotopic (exact) mass is 215 g/mol. The van der Waals surface area contributed by atoms with Crippen LogP contribution in [0.5, 0.6) is 0 Å². The Morgan fingerprint density at radius 2 is 2.50 bits per heavy atom. The highest BCUT2D eigenvalue weighted by Gasteiger charge is 2.20. The summed E-state index contributed by atoms with van der Waals surface area (Å²) < 4.78 is 9.86. The van der Waals surface area contributed by atoms with Gasteiger partial charge in [0.15, 0.2) is 5.69 Å². The van der Waals surface area contributed by atoms with E-state index < -0.39 is 5.97 Å². The van der Waals surface area contributed by atoms with Gasteiger partial charge in [-0.3, -0.25) is 0 Å². The minimum Gasteiger partial charge on any atom is -0.476 e. The van der Waals surface area contributed by atoms with Gasteiger partial charge in [0.05, 0.1) is 24.2 Å². The van der Waals surface area contributed by atoms with Gasteiger partial charge in [-0.05, 0) is 0 Å². The molecular weight excluding hydrogens is 206 g/mol. The van der Waals surface area contributed by atoms with Crippen molar-refractivity contribution in [2.75, 3.05) is 13.2 Å². The average molecular weight is 215 g/mol. The second kappa shape index (κ2) is 4.02. The number of nitrogens with zero attached hydrogens (tertiary/aromatic N) is 1. The van der Waals surface area contributed by atoms with Crippen molar-refractivity contribution in [2.45, 2.75) is 11.0 Å². The second-order valence-corrected chi connectivity index (χ2v) is 4.24. The molecule has 2 heterocycles. The lowest BCUT2D eigenvalue weighted by atomic mass is 10.4. The van der Waals surface area contributed by atoms with E-state index in [2.05, 4.69) is 5.16 Å². The maximum absolute atomic E-state index is 10.5. The molecule has 0 atom stereocenters. The van der Waals surface area contributed by atoms with Crippen LogP contribution in [0.2, 0.25) is 0 Å². The molecule has 1 fully saturated rings. The van der Waals surface area contributed by atoms with E-state index in [9.17, 15) is 4.79 Å². The lowest BCUT2D eigenvalue weighted by molar-refractivity contribution is 0.0454. The number of hydrogen-bond donors (Lipinski definition) is 1. The van der Waals surface area contributed by atoms with E-state index in [1.165, 1.54) is 6.07 Å². The summed E-state index contributed by atoms with van der Waals surface area (Å²) in [6.45, 7) is 1.54. The van der Waals surface area contributed by atoms with Gasteiger partial charge in [0.25, 0.3) is 0 Å². The van der Waals surface area contributed by atoms with Crippen molar-refractivity contribution in [1.82, 2.24) is 5.16 Å². The Labute approximate surface area is 84.4 Å². The summed E-state index contributed by atoms with van der Waals surface area (Å²) in [6, 6.07) is 1.45. The zero-order chi connectivity index (χ0) is 9.97. The van der Waals surface area contributed by atoms with Crippen molar-refractivity contribution >= 4 is 17.7 Å². The zero-order valence-corrected chi connectivity index (χ0v) is 8.12. The lowest BCUT2D eigenvalue weighted by Crippen LogP contribution is -2.30. The molecule has 0 amide bonds. The number of carboxylic acids is 1. The maximum atomic E-state index is 10.5. The Balaban J connectivity index is 1.86. The van der Waals surface area contributed by atoms with Gasteiger partial charge in [-0.1, -0.05) is 5.16 Å². The van der Waals surface area contributed by atoms with Crippen LogP contribution in [0.15, 0.2) is 10.6 Å². The van der Waals surface area contributed by atoms with Gasteiger partial charge in [-0.25, -0.2) is 4.79 Å². The molecule has 14 heavy (non-hydrogen) atoms. The highest BCUT2D eigenvalue weighted by Crippen LogP contribution is 2.23. The molecule has 76 valence electrons. The number of carboxylic acid groups (broad SMARTS) is 1. The van der Waals surface area contributed by atoms with Gasteiger partial charge < -0.3 is 14.4 Å². The predicted molar refractivity (Wildman–Crippen MR) is 49.4 cm³/mol. The van der Waals surface area contributed by atoms with E-state index in [4.69, 9.17) is 14.4 Å². The molecule has 1 aromatic heterocycles. The summed E-state index contributed by atoms with van der Waals surface area (Å²) in [6.07, 6.45) is 0. The number of rotatable bonds is 4. The summed E-state index contributed by atoms with van der Waals surface area (Å²) in [7, 11) is 0. The first-order chi connectivity index (χ1) is 6.75. The molecule has 0 spiro atoms. The van der Waals surface area contributed by atoms with Crippen LogP contribution in [0.25, 0.3) is 0 Å². The van der Waals surface area contributed by atoms with Crippen molar-refractivity contribution in [3.05, 3.63) is 17.5 Å². The highest BCUT2D eigenvalue weighted by molar-refractivity contribution is 7.99.